The molecule has 2 aromatic heterocycles. The number of nitrogens with zero attached hydrogens (tertiary/aromatic N) is 4. The van der Waals surface area contributed by atoms with Crippen LogP contribution < -0.4 is 9.47 Å². The van der Waals surface area contributed by atoms with Crippen LogP contribution in [-0.4, -0.2) is 41.2 Å². The predicted octanol–water partition coefficient (Wildman–Crippen LogP) is 8.76. The number of ether oxygens (including phenoxy) is 3. The normalized spacial score (nSPS) is 15.8. The molecule has 0 bridgehead atoms. The van der Waals surface area contributed by atoms with Crippen LogP contribution in [0.1, 0.15) is 71.7 Å². The van der Waals surface area contributed by atoms with Crippen molar-refractivity contribution < 1.29 is 18.6 Å². The highest BCUT2D eigenvalue weighted by Crippen LogP contribution is 2.37. The fraction of sp³-hybridized carbons (Fsp3) is 0.359. The van der Waals surface area contributed by atoms with Gasteiger partial charge >= 0.3 is 0 Å². The maximum absolute atomic E-state index is 9.31. The van der Waals surface area contributed by atoms with Crippen LogP contribution in [0.5, 0.6) is 11.5 Å². The van der Waals surface area contributed by atoms with E-state index in [0.717, 1.165) is 96.1 Å². The molecule has 0 saturated carbocycles. The zero-order chi connectivity index (χ0) is 32.9. The second-order valence-corrected chi connectivity index (χ2v) is 13.1. The molecule has 246 valence electrons. The summed E-state index contributed by atoms with van der Waals surface area (Å²) >= 11 is 6.85. The smallest absolute Gasteiger partial charge is 0.198 e. The van der Waals surface area contributed by atoms with E-state index in [9.17, 15) is 5.26 Å². The van der Waals surface area contributed by atoms with Gasteiger partial charge in [0.05, 0.1) is 10.6 Å². The van der Waals surface area contributed by atoms with E-state index in [4.69, 9.17) is 35.2 Å². The van der Waals surface area contributed by atoms with Crippen molar-refractivity contribution in [3.8, 4) is 28.7 Å². The first-order valence-corrected chi connectivity index (χ1v) is 17.1. The molecular formula is C39H39ClN4O4. The topological polar surface area (TPSA) is 93.6 Å². The largest absolute Gasteiger partial charge is 0.488 e. The molecule has 0 amide bonds. The monoisotopic (exact) mass is 662 g/mol. The number of rotatable bonds is 10. The Balaban J connectivity index is 1.11. The quantitative estimate of drug-likeness (QED) is 0.147. The lowest BCUT2D eigenvalue weighted by Gasteiger charge is -2.27. The van der Waals surface area contributed by atoms with Crippen molar-refractivity contribution in [2.45, 2.75) is 64.7 Å². The van der Waals surface area contributed by atoms with E-state index in [1.54, 1.807) is 18.5 Å². The van der Waals surface area contributed by atoms with E-state index in [2.05, 4.69) is 53.2 Å². The van der Waals surface area contributed by atoms with Gasteiger partial charge in [-0.1, -0.05) is 42.3 Å². The lowest BCUT2D eigenvalue weighted by Crippen LogP contribution is -2.29. The molecule has 7 rings (SSSR count). The number of aromatic nitrogens is 2. The van der Waals surface area contributed by atoms with Crippen molar-refractivity contribution in [2.24, 2.45) is 0 Å². The number of fused-ring (bicyclic) bond motifs is 1. The summed E-state index contributed by atoms with van der Waals surface area (Å²) in [4.78, 5) is 11.5. The SMILES string of the molecule is Cc1c(COc2cc(OCc3cncc(C#N)c3)c(CN3CCCCC3)cc2Cl)cccc1-c1ccc2oc(C3CCOCC3)nc2c1. The minimum atomic E-state index is 0.282. The van der Waals surface area contributed by atoms with Crippen LogP contribution in [0.15, 0.2) is 71.4 Å². The maximum Gasteiger partial charge on any atom is 0.198 e. The first kappa shape index (κ1) is 32.1. The van der Waals surface area contributed by atoms with E-state index < -0.39 is 0 Å². The first-order valence-electron chi connectivity index (χ1n) is 16.8. The summed E-state index contributed by atoms with van der Waals surface area (Å²) in [6, 6.07) is 20.3. The van der Waals surface area contributed by atoms with Crippen LogP contribution in [0.2, 0.25) is 5.02 Å². The van der Waals surface area contributed by atoms with Crippen LogP contribution in [0.25, 0.3) is 22.2 Å². The van der Waals surface area contributed by atoms with Crippen LogP contribution >= 0.6 is 11.6 Å². The third-order valence-electron chi connectivity index (χ3n) is 9.39. The van der Waals surface area contributed by atoms with E-state index in [1.165, 1.54) is 19.3 Å². The number of piperidine rings is 1. The molecule has 2 fully saturated rings. The summed E-state index contributed by atoms with van der Waals surface area (Å²) in [6.07, 6.45) is 8.80. The highest BCUT2D eigenvalue weighted by atomic mass is 35.5. The third-order valence-corrected chi connectivity index (χ3v) is 9.69. The average molecular weight is 663 g/mol. The summed E-state index contributed by atoms with van der Waals surface area (Å²) in [5.74, 6) is 2.39. The van der Waals surface area contributed by atoms with Crippen LogP contribution in [0.4, 0.5) is 0 Å². The van der Waals surface area contributed by atoms with E-state index in [0.29, 0.717) is 34.6 Å². The Bertz CT molecular complexity index is 1940. The lowest BCUT2D eigenvalue weighted by molar-refractivity contribution is 0.0798. The van der Waals surface area contributed by atoms with Gasteiger partial charge in [0.15, 0.2) is 11.5 Å². The van der Waals surface area contributed by atoms with E-state index in [-0.39, 0.29) is 6.61 Å². The number of pyridine rings is 1. The predicted molar refractivity (Wildman–Crippen MR) is 185 cm³/mol. The molecule has 0 unspecified atom stereocenters. The van der Waals surface area contributed by atoms with Crippen molar-refractivity contribution in [3.63, 3.8) is 0 Å². The van der Waals surface area contributed by atoms with E-state index in [1.807, 2.05) is 18.2 Å². The summed E-state index contributed by atoms with van der Waals surface area (Å²) in [5, 5.41) is 9.85. The van der Waals surface area contributed by atoms with Crippen LogP contribution in [0.3, 0.4) is 0 Å². The minimum Gasteiger partial charge on any atom is -0.488 e. The Hall–Kier alpha value is -4.42. The number of benzene rings is 3. The van der Waals surface area contributed by atoms with Crippen molar-refractivity contribution in [1.29, 1.82) is 5.26 Å². The number of halogens is 1. The zero-order valence-electron chi connectivity index (χ0n) is 27.2. The van der Waals surface area contributed by atoms with Gasteiger partial charge in [-0.3, -0.25) is 9.88 Å². The Morgan fingerprint density at radius 2 is 1.77 bits per heavy atom. The molecule has 4 heterocycles. The van der Waals surface area contributed by atoms with Crippen molar-refractivity contribution >= 4 is 22.7 Å². The number of oxazole rings is 1. The molecule has 0 atom stereocenters. The van der Waals surface area contributed by atoms with Crippen LogP contribution in [0, 0.1) is 18.3 Å². The van der Waals surface area contributed by atoms with Gasteiger partial charge in [-0.25, -0.2) is 4.98 Å². The molecule has 2 aliphatic rings. The zero-order valence-corrected chi connectivity index (χ0v) is 28.0. The third kappa shape index (κ3) is 7.34. The van der Waals surface area contributed by atoms with Gasteiger partial charge in [-0.2, -0.15) is 5.26 Å². The van der Waals surface area contributed by atoms with Gasteiger partial charge in [0, 0.05) is 55.3 Å². The molecule has 3 aromatic carbocycles. The van der Waals surface area contributed by atoms with Gasteiger partial charge in [0.1, 0.15) is 36.3 Å². The summed E-state index contributed by atoms with van der Waals surface area (Å²) in [6.45, 7) is 7.11. The molecule has 9 heteroatoms. The molecule has 8 nitrogen and oxygen atoms in total. The number of hydrogen-bond donors (Lipinski definition) is 0. The Morgan fingerprint density at radius 1 is 0.938 bits per heavy atom. The molecule has 48 heavy (non-hydrogen) atoms. The van der Waals surface area contributed by atoms with E-state index >= 15 is 0 Å². The average Bonchev–Trinajstić information content (AvgIpc) is 3.56. The molecular weight excluding hydrogens is 624 g/mol. The Kier molecular flexibility index (Phi) is 9.90. The van der Waals surface area contributed by atoms with Crippen LogP contribution in [-0.2, 0) is 24.5 Å². The minimum absolute atomic E-state index is 0.282. The Labute approximate surface area is 286 Å². The number of nitriles is 1. The fourth-order valence-electron chi connectivity index (χ4n) is 6.63. The molecule has 0 radical (unpaired) electrons. The highest BCUT2D eigenvalue weighted by Gasteiger charge is 2.22. The van der Waals surface area contributed by atoms with Crippen molar-refractivity contribution in [2.75, 3.05) is 26.3 Å². The number of likely N-dealkylation sites (tertiary alicyclic amines) is 1. The number of hydrogen-bond acceptors (Lipinski definition) is 8. The highest BCUT2D eigenvalue weighted by molar-refractivity contribution is 6.32. The first-order chi connectivity index (χ1) is 23.5. The summed E-state index contributed by atoms with van der Waals surface area (Å²) < 4.78 is 24.4. The molecule has 2 saturated heterocycles. The van der Waals surface area contributed by atoms with Gasteiger partial charge in [-0.15, -0.1) is 0 Å². The van der Waals surface area contributed by atoms with Gasteiger partial charge in [0.2, 0.25) is 0 Å². The molecule has 0 spiro atoms. The summed E-state index contributed by atoms with van der Waals surface area (Å²) in [7, 11) is 0. The standard InChI is InChI=1S/C39H39ClN4O4/c1-26-31(6-5-7-33(26)30-8-9-36-35(18-30)43-39(48-36)29-10-14-45-15-11-29)25-47-38-19-37(46-24-28-16-27(20-41)21-42-22-28)32(17-34(38)40)23-44-12-3-2-4-13-44/h5-9,16-19,21-22,29H,2-4,10-15,23-25H2,1H3. The molecule has 2 aliphatic heterocycles. The molecule has 5 aromatic rings. The maximum atomic E-state index is 9.31. The molecule has 0 N–H and O–H groups in total. The molecule has 0 aliphatic carbocycles. The van der Waals surface area contributed by atoms with Crippen molar-refractivity contribution in [1.82, 2.24) is 14.9 Å². The second-order valence-electron chi connectivity index (χ2n) is 12.7. The summed E-state index contributed by atoms with van der Waals surface area (Å²) in [5.41, 5.74) is 8.41. The second kappa shape index (κ2) is 14.8. The lowest BCUT2D eigenvalue weighted by atomic mass is 9.96. The fourth-order valence-corrected chi connectivity index (χ4v) is 6.87. The Morgan fingerprint density at radius 3 is 2.60 bits per heavy atom. The van der Waals surface area contributed by atoms with Gasteiger partial charge < -0.3 is 18.6 Å². The van der Waals surface area contributed by atoms with Gasteiger partial charge in [0.25, 0.3) is 0 Å². The van der Waals surface area contributed by atoms with Crippen molar-refractivity contribution in [3.05, 3.63) is 106 Å². The van der Waals surface area contributed by atoms with Gasteiger partial charge in [-0.05, 0) is 92.2 Å².